The average molecular weight is 275 g/mol. The molecule has 0 radical (unpaired) electrons. The molecule has 112 valence electrons. The van der Waals surface area contributed by atoms with Crippen molar-refractivity contribution in [2.75, 3.05) is 31.1 Å². The van der Waals surface area contributed by atoms with Gasteiger partial charge in [0.25, 0.3) is 0 Å². The minimum absolute atomic E-state index is 0.458. The van der Waals surface area contributed by atoms with Gasteiger partial charge in [-0.25, -0.2) is 0 Å². The van der Waals surface area contributed by atoms with Gasteiger partial charge in [-0.2, -0.15) is 0 Å². The van der Waals surface area contributed by atoms with Crippen LogP contribution in [-0.4, -0.2) is 32.2 Å². The number of nitrogens with one attached hydrogen (secondary N) is 1. The zero-order chi connectivity index (χ0) is 14.2. The van der Waals surface area contributed by atoms with Crippen molar-refractivity contribution < 1.29 is 0 Å². The molecule has 20 heavy (non-hydrogen) atoms. The Morgan fingerprint density at radius 2 is 1.85 bits per heavy atom. The Hall–Kier alpha value is -1.06. The highest BCUT2D eigenvalue weighted by Gasteiger charge is 2.17. The average Bonchev–Trinajstić information content (AvgIpc) is 2.50. The molecule has 3 nitrogen and oxygen atoms in total. The predicted molar refractivity (Wildman–Crippen MR) is 87.1 cm³/mol. The Labute approximate surface area is 123 Å². The summed E-state index contributed by atoms with van der Waals surface area (Å²) < 4.78 is 0. The molecule has 1 aliphatic rings. The molecular formula is C17H29N3. The van der Waals surface area contributed by atoms with Crippen molar-refractivity contribution in [2.24, 2.45) is 11.7 Å². The van der Waals surface area contributed by atoms with Crippen molar-refractivity contribution in [3.05, 3.63) is 30.3 Å². The fourth-order valence-electron chi connectivity index (χ4n) is 3.02. The summed E-state index contributed by atoms with van der Waals surface area (Å²) in [6.07, 6.45) is 5.00. The van der Waals surface area contributed by atoms with Crippen LogP contribution < -0.4 is 16.0 Å². The summed E-state index contributed by atoms with van der Waals surface area (Å²) in [6, 6.07) is 11.1. The number of rotatable bonds is 7. The van der Waals surface area contributed by atoms with Gasteiger partial charge < -0.3 is 16.0 Å². The van der Waals surface area contributed by atoms with E-state index in [2.05, 4.69) is 47.5 Å². The van der Waals surface area contributed by atoms with Gasteiger partial charge in [0.15, 0.2) is 0 Å². The monoisotopic (exact) mass is 275 g/mol. The maximum Gasteiger partial charge on any atom is 0.0366 e. The molecule has 0 saturated heterocycles. The van der Waals surface area contributed by atoms with E-state index in [0.29, 0.717) is 6.04 Å². The Kier molecular flexibility index (Phi) is 6.34. The van der Waals surface area contributed by atoms with Crippen LogP contribution >= 0.6 is 0 Å². The van der Waals surface area contributed by atoms with Crippen LogP contribution in [0.15, 0.2) is 30.3 Å². The molecule has 3 N–H and O–H groups in total. The quantitative estimate of drug-likeness (QED) is 0.752. The smallest absolute Gasteiger partial charge is 0.0366 e. The van der Waals surface area contributed by atoms with Crippen LogP contribution in [0.1, 0.15) is 32.6 Å². The second-order valence-electron chi connectivity index (χ2n) is 5.90. The third-order valence-corrected chi connectivity index (χ3v) is 4.39. The molecular weight excluding hydrogens is 246 g/mol. The molecule has 2 rings (SSSR count). The summed E-state index contributed by atoms with van der Waals surface area (Å²) >= 11 is 0. The molecule has 0 atom stereocenters. The second-order valence-corrected chi connectivity index (χ2v) is 5.90. The first-order valence-corrected chi connectivity index (χ1v) is 8.06. The molecule has 0 bridgehead atoms. The Balaban J connectivity index is 1.64. The van der Waals surface area contributed by atoms with Gasteiger partial charge in [0.2, 0.25) is 0 Å². The van der Waals surface area contributed by atoms with Crippen LogP contribution in [-0.2, 0) is 0 Å². The minimum Gasteiger partial charge on any atom is -0.371 e. The Morgan fingerprint density at radius 1 is 1.15 bits per heavy atom. The molecule has 1 aliphatic carbocycles. The zero-order valence-corrected chi connectivity index (χ0v) is 12.7. The first-order valence-electron chi connectivity index (χ1n) is 8.06. The fraction of sp³-hybridized carbons (Fsp3) is 0.647. The summed E-state index contributed by atoms with van der Waals surface area (Å²) in [5.41, 5.74) is 7.27. The highest BCUT2D eigenvalue weighted by Crippen LogP contribution is 2.22. The van der Waals surface area contributed by atoms with E-state index in [0.717, 1.165) is 32.1 Å². The predicted octanol–water partition coefficient (Wildman–Crippen LogP) is 2.62. The Morgan fingerprint density at radius 3 is 2.50 bits per heavy atom. The van der Waals surface area contributed by atoms with Gasteiger partial charge in [-0.3, -0.25) is 0 Å². The highest BCUT2D eigenvalue weighted by atomic mass is 15.1. The molecule has 0 spiro atoms. The van der Waals surface area contributed by atoms with Crippen molar-refractivity contribution in [3.8, 4) is 0 Å². The van der Waals surface area contributed by atoms with Crippen LogP contribution in [0, 0.1) is 5.92 Å². The first kappa shape index (κ1) is 15.3. The topological polar surface area (TPSA) is 41.3 Å². The lowest BCUT2D eigenvalue weighted by Crippen LogP contribution is -2.36. The molecule has 0 amide bonds. The van der Waals surface area contributed by atoms with E-state index >= 15 is 0 Å². The highest BCUT2D eigenvalue weighted by molar-refractivity contribution is 5.45. The van der Waals surface area contributed by atoms with Gasteiger partial charge in [-0.15, -0.1) is 0 Å². The maximum atomic E-state index is 5.95. The number of anilines is 1. The van der Waals surface area contributed by atoms with Crippen LogP contribution in [0.5, 0.6) is 0 Å². The third-order valence-electron chi connectivity index (χ3n) is 4.39. The fourth-order valence-corrected chi connectivity index (χ4v) is 3.02. The van der Waals surface area contributed by atoms with Crippen molar-refractivity contribution in [2.45, 2.75) is 38.6 Å². The molecule has 1 aromatic carbocycles. The van der Waals surface area contributed by atoms with E-state index in [1.165, 1.54) is 31.4 Å². The van der Waals surface area contributed by atoms with Crippen molar-refractivity contribution in [1.82, 2.24) is 5.32 Å². The third kappa shape index (κ3) is 4.80. The van der Waals surface area contributed by atoms with Crippen LogP contribution in [0.25, 0.3) is 0 Å². The minimum atomic E-state index is 0.458. The normalized spacial score (nSPS) is 22.7. The summed E-state index contributed by atoms with van der Waals surface area (Å²) in [6.45, 7) is 6.57. The SMILES string of the molecule is CCN(CCNCC1CCC(N)CC1)c1ccccc1. The summed E-state index contributed by atoms with van der Waals surface area (Å²) in [5.74, 6) is 0.835. The molecule has 0 aromatic heterocycles. The van der Waals surface area contributed by atoms with Gasteiger partial charge in [0.05, 0.1) is 0 Å². The summed E-state index contributed by atoms with van der Waals surface area (Å²) in [4.78, 5) is 2.42. The number of benzene rings is 1. The number of hydrogen-bond donors (Lipinski definition) is 2. The zero-order valence-electron chi connectivity index (χ0n) is 12.7. The van der Waals surface area contributed by atoms with Gasteiger partial charge >= 0.3 is 0 Å². The van der Waals surface area contributed by atoms with E-state index in [-0.39, 0.29) is 0 Å². The number of likely N-dealkylation sites (N-methyl/N-ethyl adjacent to an activating group) is 1. The molecule has 1 saturated carbocycles. The maximum absolute atomic E-state index is 5.95. The van der Waals surface area contributed by atoms with Gasteiger partial charge in [-0.05, 0) is 57.2 Å². The van der Waals surface area contributed by atoms with Crippen LogP contribution in [0.4, 0.5) is 5.69 Å². The molecule has 3 heteroatoms. The Bertz CT molecular complexity index is 358. The number of hydrogen-bond acceptors (Lipinski definition) is 3. The van der Waals surface area contributed by atoms with Crippen molar-refractivity contribution in [3.63, 3.8) is 0 Å². The molecule has 1 fully saturated rings. The standard InChI is InChI=1S/C17H29N3/c1-2-20(17-6-4-3-5-7-17)13-12-19-14-15-8-10-16(18)11-9-15/h3-7,15-16,19H,2,8-14,18H2,1H3. The number of para-hydroxylation sites is 1. The van der Waals surface area contributed by atoms with E-state index in [1.54, 1.807) is 0 Å². The molecule has 0 aliphatic heterocycles. The van der Waals surface area contributed by atoms with E-state index < -0.39 is 0 Å². The lowest BCUT2D eigenvalue weighted by Gasteiger charge is -2.27. The number of nitrogens with zero attached hydrogens (tertiary/aromatic N) is 1. The van der Waals surface area contributed by atoms with E-state index in [9.17, 15) is 0 Å². The number of nitrogens with two attached hydrogens (primary N) is 1. The lowest BCUT2D eigenvalue weighted by molar-refractivity contribution is 0.315. The molecule has 0 unspecified atom stereocenters. The summed E-state index contributed by atoms with van der Waals surface area (Å²) in [7, 11) is 0. The van der Waals surface area contributed by atoms with Crippen molar-refractivity contribution >= 4 is 5.69 Å². The molecule has 1 aromatic rings. The first-order chi connectivity index (χ1) is 9.79. The van der Waals surface area contributed by atoms with Crippen LogP contribution in [0.2, 0.25) is 0 Å². The van der Waals surface area contributed by atoms with E-state index in [1.807, 2.05) is 0 Å². The van der Waals surface area contributed by atoms with E-state index in [4.69, 9.17) is 5.73 Å². The van der Waals surface area contributed by atoms with Gasteiger partial charge in [-0.1, -0.05) is 18.2 Å². The van der Waals surface area contributed by atoms with Crippen LogP contribution in [0.3, 0.4) is 0 Å². The largest absolute Gasteiger partial charge is 0.371 e. The summed E-state index contributed by atoms with van der Waals surface area (Å²) in [5, 5.41) is 3.62. The van der Waals surface area contributed by atoms with Crippen molar-refractivity contribution in [1.29, 1.82) is 0 Å². The molecule has 0 heterocycles. The lowest BCUT2D eigenvalue weighted by atomic mass is 9.86. The second kappa shape index (κ2) is 8.28. The van der Waals surface area contributed by atoms with Gasteiger partial charge in [0, 0.05) is 31.4 Å². The van der Waals surface area contributed by atoms with Gasteiger partial charge in [0.1, 0.15) is 0 Å².